The lowest BCUT2D eigenvalue weighted by Gasteiger charge is -2.30. The molecular formula is C7H14N2O. The van der Waals surface area contributed by atoms with Crippen LogP contribution in [0.3, 0.4) is 0 Å². The summed E-state index contributed by atoms with van der Waals surface area (Å²) in [6.45, 7) is 3.77. The molecule has 1 saturated heterocycles. The fourth-order valence-electron chi connectivity index (χ4n) is 1.22. The van der Waals surface area contributed by atoms with Gasteiger partial charge in [0.25, 0.3) is 0 Å². The van der Waals surface area contributed by atoms with Gasteiger partial charge in [-0.3, -0.25) is 4.79 Å². The standard InChI is InChI=1S/C7H14N2O/c1-7(6(8)10)2-4-9-5-3-7/h9H,2-5H2,1H3,(H2,8,10). The minimum Gasteiger partial charge on any atom is -0.369 e. The highest BCUT2D eigenvalue weighted by Gasteiger charge is 2.32. The van der Waals surface area contributed by atoms with Gasteiger partial charge in [0, 0.05) is 5.41 Å². The Morgan fingerprint density at radius 3 is 2.30 bits per heavy atom. The molecule has 0 spiro atoms. The molecule has 1 fully saturated rings. The van der Waals surface area contributed by atoms with E-state index < -0.39 is 0 Å². The third-order valence-corrected chi connectivity index (χ3v) is 2.30. The van der Waals surface area contributed by atoms with Crippen LogP contribution >= 0.6 is 0 Å². The van der Waals surface area contributed by atoms with Crippen molar-refractivity contribution in [3.05, 3.63) is 0 Å². The Bertz CT molecular complexity index is 139. The van der Waals surface area contributed by atoms with Crippen LogP contribution in [0.1, 0.15) is 19.8 Å². The van der Waals surface area contributed by atoms with E-state index in [-0.39, 0.29) is 11.3 Å². The first-order valence-corrected chi connectivity index (χ1v) is 3.66. The molecule has 0 aromatic carbocycles. The van der Waals surface area contributed by atoms with Gasteiger partial charge in [0.1, 0.15) is 0 Å². The van der Waals surface area contributed by atoms with Gasteiger partial charge in [-0.25, -0.2) is 0 Å². The first kappa shape index (κ1) is 7.54. The lowest BCUT2D eigenvalue weighted by Crippen LogP contribution is -2.43. The highest BCUT2D eigenvalue weighted by molar-refractivity contribution is 5.80. The molecule has 0 atom stereocenters. The van der Waals surface area contributed by atoms with Gasteiger partial charge in [0.05, 0.1) is 0 Å². The summed E-state index contributed by atoms with van der Waals surface area (Å²) in [6.07, 6.45) is 1.75. The zero-order valence-electron chi connectivity index (χ0n) is 6.31. The van der Waals surface area contributed by atoms with Gasteiger partial charge in [-0.1, -0.05) is 6.92 Å². The third-order valence-electron chi connectivity index (χ3n) is 2.30. The van der Waals surface area contributed by atoms with E-state index in [1.54, 1.807) is 0 Å². The van der Waals surface area contributed by atoms with Crippen molar-refractivity contribution in [2.45, 2.75) is 19.8 Å². The van der Waals surface area contributed by atoms with Crippen molar-refractivity contribution in [3.63, 3.8) is 0 Å². The van der Waals surface area contributed by atoms with Crippen molar-refractivity contribution < 1.29 is 4.79 Å². The first-order valence-electron chi connectivity index (χ1n) is 3.66. The zero-order chi connectivity index (χ0) is 7.61. The van der Waals surface area contributed by atoms with E-state index in [1.807, 2.05) is 6.92 Å². The Morgan fingerprint density at radius 1 is 1.50 bits per heavy atom. The van der Waals surface area contributed by atoms with Gasteiger partial charge in [0.2, 0.25) is 5.91 Å². The predicted octanol–water partition coefficient (Wildman–Crippen LogP) is -0.139. The number of carbonyl (C=O) groups is 1. The number of rotatable bonds is 1. The van der Waals surface area contributed by atoms with E-state index in [2.05, 4.69) is 5.32 Å². The van der Waals surface area contributed by atoms with E-state index in [4.69, 9.17) is 5.73 Å². The molecule has 3 nitrogen and oxygen atoms in total. The lowest BCUT2D eigenvalue weighted by molar-refractivity contribution is -0.128. The smallest absolute Gasteiger partial charge is 0.223 e. The minimum atomic E-state index is -0.245. The minimum absolute atomic E-state index is 0.158. The molecule has 1 aliphatic rings. The van der Waals surface area contributed by atoms with Crippen molar-refractivity contribution in [2.75, 3.05) is 13.1 Å². The summed E-state index contributed by atoms with van der Waals surface area (Å²) in [5.74, 6) is -0.158. The quantitative estimate of drug-likeness (QED) is 0.535. The van der Waals surface area contributed by atoms with Crippen LogP contribution in [0, 0.1) is 5.41 Å². The van der Waals surface area contributed by atoms with E-state index in [9.17, 15) is 4.79 Å². The van der Waals surface area contributed by atoms with Crippen molar-refractivity contribution in [3.8, 4) is 0 Å². The largest absolute Gasteiger partial charge is 0.369 e. The molecule has 1 heterocycles. The Hall–Kier alpha value is -0.570. The number of primary amides is 1. The normalized spacial score (nSPS) is 24.1. The number of piperidine rings is 1. The topological polar surface area (TPSA) is 55.1 Å². The average Bonchev–Trinajstić information content (AvgIpc) is 1.89. The second-order valence-corrected chi connectivity index (χ2v) is 3.17. The fraction of sp³-hybridized carbons (Fsp3) is 0.857. The molecule has 3 N–H and O–H groups in total. The monoisotopic (exact) mass is 142 g/mol. The fourth-order valence-corrected chi connectivity index (χ4v) is 1.22. The molecule has 0 aliphatic carbocycles. The van der Waals surface area contributed by atoms with Crippen LogP contribution in [-0.4, -0.2) is 19.0 Å². The van der Waals surface area contributed by atoms with Gasteiger partial charge in [-0.05, 0) is 25.9 Å². The van der Waals surface area contributed by atoms with Crippen molar-refractivity contribution in [1.82, 2.24) is 5.32 Å². The number of nitrogens with two attached hydrogens (primary N) is 1. The lowest BCUT2D eigenvalue weighted by atomic mass is 9.80. The number of carbonyl (C=O) groups excluding carboxylic acids is 1. The van der Waals surface area contributed by atoms with Gasteiger partial charge < -0.3 is 11.1 Å². The average molecular weight is 142 g/mol. The van der Waals surface area contributed by atoms with Gasteiger partial charge in [-0.2, -0.15) is 0 Å². The summed E-state index contributed by atoms with van der Waals surface area (Å²) in [5, 5.41) is 3.19. The van der Waals surface area contributed by atoms with E-state index in [1.165, 1.54) is 0 Å². The molecule has 0 unspecified atom stereocenters. The Labute approximate surface area is 61.0 Å². The zero-order valence-corrected chi connectivity index (χ0v) is 6.31. The third kappa shape index (κ3) is 1.29. The molecule has 10 heavy (non-hydrogen) atoms. The highest BCUT2D eigenvalue weighted by Crippen LogP contribution is 2.26. The summed E-state index contributed by atoms with van der Waals surface area (Å²) >= 11 is 0. The maximum Gasteiger partial charge on any atom is 0.223 e. The summed E-state index contributed by atoms with van der Waals surface area (Å²) in [6, 6.07) is 0. The Kier molecular flexibility index (Phi) is 1.94. The van der Waals surface area contributed by atoms with Crippen LogP contribution in [0.25, 0.3) is 0 Å². The highest BCUT2D eigenvalue weighted by atomic mass is 16.1. The van der Waals surface area contributed by atoms with Crippen LogP contribution < -0.4 is 11.1 Å². The second-order valence-electron chi connectivity index (χ2n) is 3.17. The van der Waals surface area contributed by atoms with Crippen molar-refractivity contribution in [1.29, 1.82) is 0 Å². The molecule has 0 saturated carbocycles. The number of hydrogen-bond donors (Lipinski definition) is 2. The first-order chi connectivity index (χ1) is 4.65. The van der Waals surface area contributed by atoms with Crippen LogP contribution in [0.2, 0.25) is 0 Å². The summed E-state index contributed by atoms with van der Waals surface area (Å²) < 4.78 is 0. The molecule has 1 aliphatic heterocycles. The van der Waals surface area contributed by atoms with Crippen LogP contribution in [0.15, 0.2) is 0 Å². The molecule has 0 bridgehead atoms. The van der Waals surface area contributed by atoms with Gasteiger partial charge >= 0.3 is 0 Å². The van der Waals surface area contributed by atoms with Crippen molar-refractivity contribution in [2.24, 2.45) is 11.1 Å². The van der Waals surface area contributed by atoms with Gasteiger partial charge in [-0.15, -0.1) is 0 Å². The van der Waals surface area contributed by atoms with E-state index >= 15 is 0 Å². The summed E-state index contributed by atoms with van der Waals surface area (Å²) in [5.41, 5.74) is 4.99. The van der Waals surface area contributed by atoms with Crippen LogP contribution in [-0.2, 0) is 4.79 Å². The van der Waals surface area contributed by atoms with Crippen LogP contribution in [0.5, 0.6) is 0 Å². The maximum atomic E-state index is 10.9. The second kappa shape index (κ2) is 2.58. The number of hydrogen-bond acceptors (Lipinski definition) is 2. The Balaban J connectivity index is 2.56. The molecule has 1 rings (SSSR count). The molecule has 0 aromatic heterocycles. The van der Waals surface area contributed by atoms with Crippen molar-refractivity contribution >= 4 is 5.91 Å². The molecule has 0 aromatic rings. The Morgan fingerprint density at radius 2 is 2.00 bits per heavy atom. The van der Waals surface area contributed by atoms with E-state index in [0.717, 1.165) is 25.9 Å². The molecule has 1 amide bonds. The summed E-state index contributed by atoms with van der Waals surface area (Å²) in [7, 11) is 0. The predicted molar refractivity (Wildman–Crippen MR) is 39.4 cm³/mol. The number of nitrogens with one attached hydrogen (secondary N) is 1. The number of amides is 1. The van der Waals surface area contributed by atoms with E-state index in [0.29, 0.717) is 0 Å². The molecule has 58 valence electrons. The van der Waals surface area contributed by atoms with Crippen LogP contribution in [0.4, 0.5) is 0 Å². The molecular weight excluding hydrogens is 128 g/mol. The summed E-state index contributed by atoms with van der Waals surface area (Å²) in [4.78, 5) is 10.9. The van der Waals surface area contributed by atoms with Gasteiger partial charge in [0.15, 0.2) is 0 Å². The SMILES string of the molecule is CC1(C(N)=O)CCNCC1. The maximum absolute atomic E-state index is 10.9. The molecule has 0 radical (unpaired) electrons. The molecule has 3 heteroatoms.